The summed E-state index contributed by atoms with van der Waals surface area (Å²) in [6.07, 6.45) is -0.568. The number of hydrogen-bond acceptors (Lipinski definition) is 3. The van der Waals surface area contributed by atoms with Crippen molar-refractivity contribution in [2.45, 2.75) is 45.8 Å². The molecule has 0 radical (unpaired) electrons. The summed E-state index contributed by atoms with van der Waals surface area (Å²) in [5.41, 5.74) is 1.47. The molecule has 1 rings (SSSR count). The molecular weight excluding hydrogens is 242 g/mol. The van der Waals surface area contributed by atoms with Crippen molar-refractivity contribution < 1.29 is 14.6 Å². The molecule has 1 aromatic rings. The van der Waals surface area contributed by atoms with Gasteiger partial charge in [-0.15, -0.1) is 0 Å². The Bertz CT molecular complexity index is 424. The number of carbonyl (C=O) groups excluding carboxylic acids is 1. The van der Waals surface area contributed by atoms with E-state index in [0.29, 0.717) is 13.0 Å². The highest BCUT2D eigenvalue weighted by Gasteiger charge is 2.16. The summed E-state index contributed by atoms with van der Waals surface area (Å²) < 4.78 is 5.11. The maximum Gasteiger partial charge on any atom is 0.407 e. The predicted octanol–water partition coefficient (Wildman–Crippen LogP) is 2.94. The van der Waals surface area contributed by atoms with Crippen LogP contribution in [-0.4, -0.2) is 23.3 Å². The van der Waals surface area contributed by atoms with E-state index < -0.39 is 17.8 Å². The lowest BCUT2D eigenvalue weighted by Gasteiger charge is -2.20. The van der Waals surface area contributed by atoms with Gasteiger partial charge in [0.2, 0.25) is 0 Å². The molecule has 1 amide bonds. The van der Waals surface area contributed by atoms with E-state index in [-0.39, 0.29) is 0 Å². The molecule has 0 aliphatic carbocycles. The standard InChI is InChI=1S/C15H23NO3/c1-11-6-5-7-12(10-11)13(17)8-9-16-14(18)19-15(2,3)4/h5-7,10,13,17H,8-9H2,1-4H3,(H,16,18)/t13-/m1/s1. The normalized spacial score (nSPS) is 12.9. The van der Waals surface area contributed by atoms with E-state index in [1.165, 1.54) is 0 Å². The second kappa shape index (κ2) is 6.57. The van der Waals surface area contributed by atoms with Crippen LogP contribution >= 0.6 is 0 Å². The average Bonchev–Trinajstić information content (AvgIpc) is 2.26. The maximum absolute atomic E-state index is 11.4. The molecule has 0 spiro atoms. The Labute approximate surface area is 114 Å². The van der Waals surface area contributed by atoms with E-state index in [9.17, 15) is 9.90 Å². The first-order chi connectivity index (χ1) is 8.78. The van der Waals surface area contributed by atoms with Gasteiger partial charge >= 0.3 is 6.09 Å². The zero-order chi connectivity index (χ0) is 14.5. The summed E-state index contributed by atoms with van der Waals surface area (Å²) in [4.78, 5) is 11.4. The third-order valence-corrected chi connectivity index (χ3v) is 2.51. The zero-order valence-electron chi connectivity index (χ0n) is 12.1. The Hall–Kier alpha value is -1.55. The lowest BCUT2D eigenvalue weighted by atomic mass is 10.0. The van der Waals surface area contributed by atoms with E-state index in [1.54, 1.807) is 0 Å². The Morgan fingerprint density at radius 3 is 2.68 bits per heavy atom. The third kappa shape index (κ3) is 6.25. The van der Waals surface area contributed by atoms with Crippen LogP contribution in [0.1, 0.15) is 44.4 Å². The van der Waals surface area contributed by atoms with E-state index >= 15 is 0 Å². The van der Waals surface area contributed by atoms with Crippen molar-refractivity contribution in [1.29, 1.82) is 0 Å². The number of amides is 1. The molecule has 0 aliphatic rings. The van der Waals surface area contributed by atoms with Gasteiger partial charge in [-0.25, -0.2) is 4.79 Å². The number of alkyl carbamates (subject to hydrolysis) is 1. The molecule has 2 N–H and O–H groups in total. The summed E-state index contributed by atoms with van der Waals surface area (Å²) in [5.74, 6) is 0. The molecule has 0 saturated carbocycles. The van der Waals surface area contributed by atoms with Gasteiger partial charge in [-0.2, -0.15) is 0 Å². The lowest BCUT2D eigenvalue weighted by molar-refractivity contribution is 0.0518. The zero-order valence-corrected chi connectivity index (χ0v) is 12.1. The highest BCUT2D eigenvalue weighted by molar-refractivity contribution is 5.67. The van der Waals surface area contributed by atoms with Crippen molar-refractivity contribution in [2.24, 2.45) is 0 Å². The van der Waals surface area contributed by atoms with Crippen molar-refractivity contribution in [3.05, 3.63) is 35.4 Å². The second-order valence-electron chi connectivity index (χ2n) is 5.65. The van der Waals surface area contributed by atoms with E-state index in [1.807, 2.05) is 52.0 Å². The Balaban J connectivity index is 2.35. The van der Waals surface area contributed by atoms with Gasteiger partial charge in [-0.1, -0.05) is 29.8 Å². The van der Waals surface area contributed by atoms with Crippen molar-refractivity contribution in [1.82, 2.24) is 5.32 Å². The first-order valence-corrected chi connectivity index (χ1v) is 6.49. The van der Waals surface area contributed by atoms with Gasteiger partial charge in [0.25, 0.3) is 0 Å². The van der Waals surface area contributed by atoms with Gasteiger partial charge in [0.15, 0.2) is 0 Å². The molecule has 0 aliphatic heterocycles. The highest BCUT2D eigenvalue weighted by Crippen LogP contribution is 2.17. The van der Waals surface area contributed by atoms with Gasteiger partial charge < -0.3 is 15.2 Å². The Morgan fingerprint density at radius 2 is 2.11 bits per heavy atom. The molecule has 0 heterocycles. The van der Waals surface area contributed by atoms with Gasteiger partial charge in [0, 0.05) is 6.54 Å². The molecule has 4 heteroatoms. The minimum atomic E-state index is -0.574. The minimum Gasteiger partial charge on any atom is -0.444 e. The predicted molar refractivity (Wildman–Crippen MR) is 75.0 cm³/mol. The quantitative estimate of drug-likeness (QED) is 0.880. The fourth-order valence-electron chi connectivity index (χ4n) is 1.67. The van der Waals surface area contributed by atoms with Gasteiger partial charge in [0.1, 0.15) is 5.60 Å². The van der Waals surface area contributed by atoms with Gasteiger partial charge in [0.05, 0.1) is 6.10 Å². The lowest BCUT2D eigenvalue weighted by Crippen LogP contribution is -2.33. The van der Waals surface area contributed by atoms with Crippen LogP contribution < -0.4 is 5.32 Å². The van der Waals surface area contributed by atoms with Crippen LogP contribution in [0.5, 0.6) is 0 Å². The van der Waals surface area contributed by atoms with Crippen molar-refractivity contribution in [3.8, 4) is 0 Å². The summed E-state index contributed by atoms with van der Waals surface area (Å²) in [6.45, 7) is 7.80. The molecule has 0 saturated heterocycles. The largest absolute Gasteiger partial charge is 0.444 e. The van der Waals surface area contributed by atoms with Crippen molar-refractivity contribution >= 4 is 6.09 Å². The molecule has 4 nitrogen and oxygen atoms in total. The number of nitrogens with one attached hydrogen (secondary N) is 1. The van der Waals surface area contributed by atoms with Crippen LogP contribution in [0.3, 0.4) is 0 Å². The number of carbonyl (C=O) groups is 1. The van der Waals surface area contributed by atoms with Gasteiger partial charge in [-0.3, -0.25) is 0 Å². The third-order valence-electron chi connectivity index (χ3n) is 2.51. The number of aliphatic hydroxyl groups excluding tert-OH is 1. The SMILES string of the molecule is Cc1cccc([C@H](O)CCNC(=O)OC(C)(C)C)c1. The van der Waals surface area contributed by atoms with E-state index in [0.717, 1.165) is 11.1 Å². The van der Waals surface area contributed by atoms with Crippen LogP contribution in [0, 0.1) is 6.92 Å². The topological polar surface area (TPSA) is 58.6 Å². The molecule has 0 unspecified atom stereocenters. The van der Waals surface area contributed by atoms with Crippen LogP contribution in [-0.2, 0) is 4.74 Å². The number of ether oxygens (including phenoxy) is 1. The fourth-order valence-corrected chi connectivity index (χ4v) is 1.67. The molecule has 1 aromatic carbocycles. The van der Waals surface area contributed by atoms with Crippen LogP contribution in [0.4, 0.5) is 4.79 Å². The smallest absolute Gasteiger partial charge is 0.407 e. The molecule has 19 heavy (non-hydrogen) atoms. The summed E-state index contributed by atoms with van der Waals surface area (Å²) in [6, 6.07) is 7.72. The van der Waals surface area contributed by atoms with Crippen molar-refractivity contribution in [2.75, 3.05) is 6.54 Å². The molecule has 106 valence electrons. The molecule has 0 fully saturated rings. The van der Waals surface area contributed by atoms with Crippen LogP contribution in [0.2, 0.25) is 0 Å². The Morgan fingerprint density at radius 1 is 1.42 bits per heavy atom. The monoisotopic (exact) mass is 265 g/mol. The second-order valence-corrected chi connectivity index (χ2v) is 5.65. The van der Waals surface area contributed by atoms with Crippen LogP contribution in [0.25, 0.3) is 0 Å². The number of hydrogen-bond donors (Lipinski definition) is 2. The first-order valence-electron chi connectivity index (χ1n) is 6.49. The fraction of sp³-hybridized carbons (Fsp3) is 0.533. The number of benzene rings is 1. The number of aliphatic hydroxyl groups is 1. The molecule has 1 atom stereocenters. The summed E-state index contributed by atoms with van der Waals surface area (Å²) in [5, 5.41) is 12.6. The number of aryl methyl sites for hydroxylation is 1. The molecule has 0 aromatic heterocycles. The van der Waals surface area contributed by atoms with E-state index in [4.69, 9.17) is 4.74 Å². The average molecular weight is 265 g/mol. The Kier molecular flexibility index (Phi) is 5.36. The molecule has 0 bridgehead atoms. The first kappa shape index (κ1) is 15.5. The number of rotatable bonds is 4. The van der Waals surface area contributed by atoms with E-state index in [2.05, 4.69) is 5.32 Å². The summed E-state index contributed by atoms with van der Waals surface area (Å²) in [7, 11) is 0. The maximum atomic E-state index is 11.4. The minimum absolute atomic E-state index is 0.379. The summed E-state index contributed by atoms with van der Waals surface area (Å²) >= 11 is 0. The molecular formula is C15H23NO3. The highest BCUT2D eigenvalue weighted by atomic mass is 16.6. The van der Waals surface area contributed by atoms with Gasteiger partial charge in [-0.05, 0) is 39.7 Å². The van der Waals surface area contributed by atoms with Crippen molar-refractivity contribution in [3.63, 3.8) is 0 Å². The van der Waals surface area contributed by atoms with Crippen LogP contribution in [0.15, 0.2) is 24.3 Å².